The first-order valence-corrected chi connectivity index (χ1v) is 7.74. The average molecular weight is 340 g/mol. The van der Waals surface area contributed by atoms with E-state index in [2.05, 4.69) is 10.1 Å². The van der Waals surface area contributed by atoms with Gasteiger partial charge in [0.05, 0.1) is 0 Å². The third-order valence-corrected chi connectivity index (χ3v) is 3.73. The summed E-state index contributed by atoms with van der Waals surface area (Å²) < 4.78 is 1.62. The van der Waals surface area contributed by atoms with Crippen molar-refractivity contribution < 1.29 is 9.48 Å². The van der Waals surface area contributed by atoms with E-state index < -0.39 is 0 Å². The van der Waals surface area contributed by atoms with Crippen LogP contribution in [-0.2, 0) is 4.79 Å². The van der Waals surface area contributed by atoms with Crippen molar-refractivity contribution in [1.29, 1.82) is 0 Å². The molecule has 120 valence electrons. The number of nitrogens with zero attached hydrogens (tertiary/aromatic N) is 3. The summed E-state index contributed by atoms with van der Waals surface area (Å²) in [6.07, 6.45) is 4.71. The zero-order valence-electron chi connectivity index (χ0n) is 13.1. The quantitative estimate of drug-likeness (QED) is 0.586. The van der Waals surface area contributed by atoms with Crippen LogP contribution in [0, 0.1) is 0 Å². The molecule has 1 heterocycles. The number of hydrogen-bond donors (Lipinski definition) is 1. The molecule has 5 nitrogen and oxygen atoms in total. The second kappa shape index (κ2) is 7.10. The highest BCUT2D eigenvalue weighted by Gasteiger charge is 2.11. The van der Waals surface area contributed by atoms with E-state index in [0.717, 1.165) is 11.3 Å². The van der Waals surface area contributed by atoms with Gasteiger partial charge in [-0.1, -0.05) is 35.9 Å². The van der Waals surface area contributed by atoms with Crippen molar-refractivity contribution in [2.75, 3.05) is 11.9 Å². The Hall–Kier alpha value is -2.92. The molecule has 0 bridgehead atoms. The highest BCUT2D eigenvalue weighted by Crippen LogP contribution is 2.18. The molecule has 0 atom stereocenters. The summed E-state index contributed by atoms with van der Waals surface area (Å²) in [5.74, 6) is 0.540. The van der Waals surface area contributed by atoms with E-state index in [0.29, 0.717) is 10.8 Å². The molecule has 0 unspecified atom stereocenters. The standard InChI is InChI=1S/C18H15ClN4O/c1-22(16-8-3-2-4-9-16)17(24)10-11-23-13-20-18(21-23)14-6-5-7-15(19)12-14/h2-13H,1H3/p+1/b11-10-. The SMILES string of the molecule is CN(C(=O)/C=C\[n+]1cnc(-c2cccc(Cl)c2)[nH]1)c1ccccc1. The minimum atomic E-state index is -0.132. The van der Waals surface area contributed by atoms with Crippen molar-refractivity contribution in [3.8, 4) is 11.4 Å². The van der Waals surface area contributed by atoms with Gasteiger partial charge in [0.15, 0.2) is 0 Å². The van der Waals surface area contributed by atoms with Crippen LogP contribution in [0.1, 0.15) is 0 Å². The number of H-pyrrole nitrogens is 1. The summed E-state index contributed by atoms with van der Waals surface area (Å²) >= 11 is 5.98. The number of halogens is 1. The summed E-state index contributed by atoms with van der Waals surface area (Å²) in [4.78, 5) is 18.1. The Morgan fingerprint density at radius 3 is 2.75 bits per heavy atom. The van der Waals surface area contributed by atoms with Crippen molar-refractivity contribution in [3.05, 3.63) is 72.0 Å². The van der Waals surface area contributed by atoms with Gasteiger partial charge in [-0.15, -0.1) is 4.68 Å². The molecule has 24 heavy (non-hydrogen) atoms. The number of likely N-dealkylation sites (N-methyl/N-ethyl adjacent to an activating group) is 1. The first-order chi connectivity index (χ1) is 11.6. The summed E-state index contributed by atoms with van der Waals surface area (Å²) in [7, 11) is 1.73. The molecular formula is C18H16ClN4O+. The molecule has 2 aromatic carbocycles. The highest BCUT2D eigenvalue weighted by molar-refractivity contribution is 6.30. The molecule has 3 aromatic rings. The van der Waals surface area contributed by atoms with Crippen LogP contribution in [0.3, 0.4) is 0 Å². The maximum Gasteiger partial charge on any atom is 0.312 e. The number of para-hydroxylation sites is 1. The lowest BCUT2D eigenvalue weighted by atomic mass is 10.2. The molecular weight excluding hydrogens is 324 g/mol. The van der Waals surface area contributed by atoms with Gasteiger partial charge in [0, 0.05) is 29.4 Å². The van der Waals surface area contributed by atoms with Crippen molar-refractivity contribution in [2.45, 2.75) is 0 Å². The molecule has 0 aliphatic rings. The first kappa shape index (κ1) is 16.0. The number of aromatic amines is 1. The fourth-order valence-electron chi connectivity index (χ4n) is 2.19. The number of benzene rings is 2. The minimum Gasteiger partial charge on any atom is -0.312 e. The fourth-order valence-corrected chi connectivity index (χ4v) is 2.38. The van der Waals surface area contributed by atoms with Crippen LogP contribution >= 0.6 is 11.6 Å². The maximum absolute atomic E-state index is 12.2. The van der Waals surface area contributed by atoms with Gasteiger partial charge in [-0.25, -0.2) is 0 Å². The first-order valence-electron chi connectivity index (χ1n) is 7.36. The summed E-state index contributed by atoms with van der Waals surface area (Å²) in [6, 6.07) is 16.9. The van der Waals surface area contributed by atoms with E-state index >= 15 is 0 Å². The van der Waals surface area contributed by atoms with E-state index in [1.165, 1.54) is 6.08 Å². The Morgan fingerprint density at radius 1 is 1.21 bits per heavy atom. The lowest BCUT2D eigenvalue weighted by Gasteiger charge is -2.14. The number of aromatic nitrogens is 3. The zero-order valence-corrected chi connectivity index (χ0v) is 13.8. The summed E-state index contributed by atoms with van der Waals surface area (Å²) in [5.41, 5.74) is 1.71. The molecule has 1 aromatic heterocycles. The molecule has 0 radical (unpaired) electrons. The molecule has 0 saturated carbocycles. The van der Waals surface area contributed by atoms with Crippen molar-refractivity contribution in [1.82, 2.24) is 10.1 Å². The van der Waals surface area contributed by atoms with Crippen molar-refractivity contribution in [3.63, 3.8) is 0 Å². The second-order valence-corrected chi connectivity index (χ2v) is 5.61. The predicted molar refractivity (Wildman–Crippen MR) is 94.4 cm³/mol. The van der Waals surface area contributed by atoms with E-state index in [9.17, 15) is 4.79 Å². The number of rotatable bonds is 4. The van der Waals surface area contributed by atoms with Crippen LogP contribution in [-0.4, -0.2) is 23.0 Å². The highest BCUT2D eigenvalue weighted by atomic mass is 35.5. The molecule has 0 saturated heterocycles. The van der Waals surface area contributed by atoms with E-state index in [1.54, 1.807) is 35.2 Å². The number of carbonyl (C=O) groups excluding carboxylic acids is 1. The molecule has 0 spiro atoms. The van der Waals surface area contributed by atoms with Crippen molar-refractivity contribution in [2.24, 2.45) is 0 Å². The molecule has 0 aliphatic carbocycles. The fraction of sp³-hybridized carbons (Fsp3) is 0.0556. The van der Waals surface area contributed by atoms with Gasteiger partial charge >= 0.3 is 6.33 Å². The molecule has 1 N–H and O–H groups in total. The van der Waals surface area contributed by atoms with Gasteiger partial charge in [-0.3, -0.25) is 4.79 Å². The van der Waals surface area contributed by atoms with Gasteiger partial charge in [-0.05, 0) is 35.3 Å². The average Bonchev–Trinajstić information content (AvgIpc) is 3.09. The molecule has 6 heteroatoms. The third-order valence-electron chi connectivity index (χ3n) is 3.50. The van der Waals surface area contributed by atoms with Gasteiger partial charge in [0.2, 0.25) is 0 Å². The van der Waals surface area contributed by atoms with Gasteiger partial charge < -0.3 is 4.90 Å². The summed E-state index contributed by atoms with van der Waals surface area (Å²) in [5, 5.41) is 3.72. The monoisotopic (exact) mass is 339 g/mol. The molecule has 3 rings (SSSR count). The molecule has 0 aliphatic heterocycles. The van der Waals surface area contributed by atoms with Crippen LogP contribution in [0.2, 0.25) is 5.02 Å². The maximum atomic E-state index is 12.2. The smallest absolute Gasteiger partial charge is 0.312 e. The largest absolute Gasteiger partial charge is 0.312 e. The Balaban J connectivity index is 1.72. The number of nitrogens with one attached hydrogen (secondary N) is 1. The lowest BCUT2D eigenvalue weighted by Crippen LogP contribution is -2.29. The minimum absolute atomic E-state index is 0.132. The normalized spacial score (nSPS) is 10.9. The number of anilines is 1. The Morgan fingerprint density at radius 2 is 2.00 bits per heavy atom. The number of hydrogen-bond acceptors (Lipinski definition) is 2. The lowest BCUT2D eigenvalue weighted by molar-refractivity contribution is -0.630. The van der Waals surface area contributed by atoms with Gasteiger partial charge in [0.25, 0.3) is 11.7 Å². The van der Waals surface area contributed by atoms with Crippen LogP contribution in [0.5, 0.6) is 0 Å². The number of carbonyl (C=O) groups is 1. The van der Waals surface area contributed by atoms with E-state index in [4.69, 9.17) is 11.6 Å². The Labute approximate surface area is 144 Å². The van der Waals surface area contributed by atoms with Crippen LogP contribution in [0.15, 0.2) is 67.0 Å². The second-order valence-electron chi connectivity index (χ2n) is 5.17. The van der Waals surface area contributed by atoms with Gasteiger partial charge in [-0.2, -0.15) is 5.10 Å². The zero-order chi connectivity index (χ0) is 16.9. The molecule has 1 amide bonds. The third kappa shape index (κ3) is 3.70. The molecule has 0 fully saturated rings. The van der Waals surface area contributed by atoms with Crippen LogP contribution < -0.4 is 9.58 Å². The van der Waals surface area contributed by atoms with Gasteiger partial charge in [0.1, 0.15) is 6.20 Å². The summed E-state index contributed by atoms with van der Waals surface area (Å²) in [6.45, 7) is 0. The Bertz CT molecular complexity index is 873. The van der Waals surface area contributed by atoms with Crippen LogP contribution in [0.25, 0.3) is 17.6 Å². The Kier molecular flexibility index (Phi) is 4.72. The predicted octanol–water partition coefficient (Wildman–Crippen LogP) is 3.15. The number of amides is 1. The van der Waals surface area contributed by atoms with Crippen LogP contribution in [0.4, 0.5) is 5.69 Å². The van der Waals surface area contributed by atoms with Crippen molar-refractivity contribution >= 4 is 29.4 Å². The van der Waals surface area contributed by atoms with E-state index in [1.807, 2.05) is 48.5 Å². The topological polar surface area (TPSA) is 52.9 Å². The van der Waals surface area contributed by atoms with E-state index in [-0.39, 0.29) is 5.91 Å².